The van der Waals surface area contributed by atoms with E-state index in [0.29, 0.717) is 5.41 Å². The molecule has 0 radical (unpaired) electrons. The maximum absolute atomic E-state index is 6.70. The Bertz CT molecular complexity index is 421. The Morgan fingerprint density at radius 2 is 2.05 bits per heavy atom. The summed E-state index contributed by atoms with van der Waals surface area (Å²) in [5, 5.41) is 0. The Morgan fingerprint density at radius 3 is 2.63 bits per heavy atom. The third-order valence-corrected chi connectivity index (χ3v) is 6.22. The first kappa shape index (κ1) is 15.5. The number of nitrogens with two attached hydrogens (primary N) is 1. The topological polar surface area (TPSA) is 26.0 Å². The zero-order valence-electron chi connectivity index (χ0n) is 12.3. The highest BCUT2D eigenvalue weighted by Gasteiger charge is 2.33. The van der Waals surface area contributed by atoms with E-state index in [1.54, 1.807) is 0 Å². The second-order valence-electron chi connectivity index (χ2n) is 7.24. The average Bonchev–Trinajstić information content (AvgIpc) is 2.56. The fourth-order valence-electron chi connectivity index (χ4n) is 3.27. The minimum Gasteiger partial charge on any atom is -0.325 e. The molecule has 0 aromatic carbocycles. The molecule has 2 unspecified atom stereocenters. The molecule has 2 rings (SSSR count). The van der Waals surface area contributed by atoms with E-state index in [4.69, 9.17) is 5.73 Å². The van der Waals surface area contributed by atoms with E-state index < -0.39 is 0 Å². The van der Waals surface area contributed by atoms with Crippen molar-refractivity contribution >= 4 is 27.3 Å². The van der Waals surface area contributed by atoms with Crippen LogP contribution in [-0.4, -0.2) is 5.54 Å². The Balaban J connectivity index is 2.01. The van der Waals surface area contributed by atoms with Crippen LogP contribution in [0, 0.1) is 11.3 Å². The molecule has 108 valence electrons. The van der Waals surface area contributed by atoms with E-state index in [1.165, 1.54) is 40.8 Å². The third kappa shape index (κ3) is 4.30. The summed E-state index contributed by atoms with van der Waals surface area (Å²) >= 11 is 5.37. The van der Waals surface area contributed by atoms with Crippen molar-refractivity contribution in [1.82, 2.24) is 0 Å². The van der Waals surface area contributed by atoms with Crippen LogP contribution in [0.3, 0.4) is 0 Å². The van der Waals surface area contributed by atoms with E-state index in [1.807, 2.05) is 11.3 Å². The summed E-state index contributed by atoms with van der Waals surface area (Å²) in [5.74, 6) is 0.827. The summed E-state index contributed by atoms with van der Waals surface area (Å²) in [6, 6.07) is 4.35. The molecular weight excluding hydrogens is 318 g/mol. The van der Waals surface area contributed by atoms with Crippen LogP contribution in [0.5, 0.6) is 0 Å². The van der Waals surface area contributed by atoms with Crippen LogP contribution in [0.1, 0.15) is 57.8 Å². The van der Waals surface area contributed by atoms with Gasteiger partial charge in [0.2, 0.25) is 0 Å². The smallest absolute Gasteiger partial charge is 0.0701 e. The largest absolute Gasteiger partial charge is 0.325 e. The predicted molar refractivity (Wildman–Crippen MR) is 88.7 cm³/mol. The summed E-state index contributed by atoms with van der Waals surface area (Å²) in [4.78, 5) is 1.42. The molecule has 19 heavy (non-hydrogen) atoms. The zero-order chi connectivity index (χ0) is 14.1. The molecule has 1 aromatic rings. The molecule has 1 saturated carbocycles. The maximum Gasteiger partial charge on any atom is 0.0701 e. The van der Waals surface area contributed by atoms with Crippen LogP contribution in [0.4, 0.5) is 0 Å². The highest BCUT2D eigenvalue weighted by Crippen LogP contribution is 2.40. The molecule has 0 bridgehead atoms. The van der Waals surface area contributed by atoms with Crippen molar-refractivity contribution in [2.45, 2.75) is 64.8 Å². The summed E-state index contributed by atoms with van der Waals surface area (Å²) in [6.07, 6.45) is 7.30. The fourth-order valence-corrected chi connectivity index (χ4v) is 4.91. The molecule has 1 aromatic heterocycles. The second kappa shape index (κ2) is 5.87. The molecule has 3 heteroatoms. The normalized spacial score (nSPS) is 29.2. The minimum absolute atomic E-state index is 0.0181. The molecule has 1 nitrogen and oxygen atoms in total. The Hall–Kier alpha value is 0.140. The van der Waals surface area contributed by atoms with E-state index in [9.17, 15) is 0 Å². The molecule has 1 aliphatic rings. The van der Waals surface area contributed by atoms with Crippen molar-refractivity contribution in [2.75, 3.05) is 0 Å². The third-order valence-electron chi connectivity index (χ3n) is 4.60. The quantitative estimate of drug-likeness (QED) is 0.717. The van der Waals surface area contributed by atoms with Crippen molar-refractivity contribution in [1.29, 1.82) is 0 Å². The van der Waals surface area contributed by atoms with Gasteiger partial charge >= 0.3 is 0 Å². The van der Waals surface area contributed by atoms with Crippen molar-refractivity contribution in [3.63, 3.8) is 0 Å². The monoisotopic (exact) mass is 343 g/mol. The number of hydrogen-bond acceptors (Lipinski definition) is 2. The molecule has 2 atom stereocenters. The van der Waals surface area contributed by atoms with Gasteiger partial charge in [0.15, 0.2) is 0 Å². The van der Waals surface area contributed by atoms with Gasteiger partial charge in [0.05, 0.1) is 3.79 Å². The first-order valence-electron chi connectivity index (χ1n) is 7.32. The molecule has 1 heterocycles. The SMILES string of the molecule is CC(C)(C)C1CCCC(N)(Cc2ccc(Br)s2)CC1. The molecule has 0 spiro atoms. The van der Waals surface area contributed by atoms with Crippen LogP contribution >= 0.6 is 27.3 Å². The van der Waals surface area contributed by atoms with Gasteiger partial charge in [0.25, 0.3) is 0 Å². The fraction of sp³-hybridized carbons (Fsp3) is 0.750. The average molecular weight is 344 g/mol. The summed E-state index contributed by atoms with van der Waals surface area (Å²) in [5.41, 5.74) is 7.14. The van der Waals surface area contributed by atoms with E-state index >= 15 is 0 Å². The Morgan fingerprint density at radius 1 is 1.32 bits per heavy atom. The van der Waals surface area contributed by atoms with Gasteiger partial charge in [-0.15, -0.1) is 11.3 Å². The molecular formula is C16H26BrNS. The van der Waals surface area contributed by atoms with Gasteiger partial charge < -0.3 is 5.73 Å². The van der Waals surface area contributed by atoms with Crippen LogP contribution in [-0.2, 0) is 6.42 Å². The number of thiophene rings is 1. The second-order valence-corrected chi connectivity index (χ2v) is 9.79. The van der Waals surface area contributed by atoms with Crippen LogP contribution in [0.15, 0.2) is 15.9 Å². The lowest BCUT2D eigenvalue weighted by Gasteiger charge is -2.31. The van der Waals surface area contributed by atoms with Gasteiger partial charge in [-0.25, -0.2) is 0 Å². The number of rotatable bonds is 2. The number of halogens is 1. The van der Waals surface area contributed by atoms with Crippen molar-refractivity contribution in [2.24, 2.45) is 17.1 Å². The molecule has 0 aliphatic heterocycles. The standard InChI is InChI=1S/C16H26BrNS/c1-15(2,3)12-5-4-9-16(18,10-8-12)11-13-6-7-14(17)19-13/h6-7,12H,4-5,8-11,18H2,1-3H3. The van der Waals surface area contributed by atoms with E-state index in [2.05, 4.69) is 48.8 Å². The molecule has 1 fully saturated rings. The maximum atomic E-state index is 6.70. The van der Waals surface area contributed by atoms with Gasteiger partial charge in [-0.1, -0.05) is 27.2 Å². The first-order chi connectivity index (χ1) is 8.78. The lowest BCUT2D eigenvalue weighted by molar-refractivity contribution is 0.210. The molecule has 2 N–H and O–H groups in total. The van der Waals surface area contributed by atoms with Crippen LogP contribution < -0.4 is 5.73 Å². The highest BCUT2D eigenvalue weighted by molar-refractivity contribution is 9.11. The lowest BCUT2D eigenvalue weighted by atomic mass is 9.76. The van der Waals surface area contributed by atoms with Gasteiger partial charge in [0, 0.05) is 10.4 Å². The van der Waals surface area contributed by atoms with E-state index in [0.717, 1.165) is 12.3 Å². The molecule has 0 amide bonds. The summed E-state index contributed by atoms with van der Waals surface area (Å²) in [6.45, 7) is 7.12. The van der Waals surface area contributed by atoms with Crippen LogP contribution in [0.2, 0.25) is 0 Å². The predicted octanol–water partition coefficient (Wildman–Crippen LogP) is 5.38. The summed E-state index contributed by atoms with van der Waals surface area (Å²) in [7, 11) is 0. The number of hydrogen-bond donors (Lipinski definition) is 1. The zero-order valence-corrected chi connectivity index (χ0v) is 14.7. The Labute approximate surface area is 130 Å². The Kier molecular flexibility index (Phi) is 4.79. The molecule has 1 aliphatic carbocycles. The summed E-state index contributed by atoms with van der Waals surface area (Å²) < 4.78 is 1.22. The van der Waals surface area contributed by atoms with Gasteiger partial charge in [-0.05, 0) is 71.5 Å². The lowest BCUT2D eigenvalue weighted by Crippen LogP contribution is -2.41. The van der Waals surface area contributed by atoms with Gasteiger partial charge in [-0.2, -0.15) is 0 Å². The van der Waals surface area contributed by atoms with Crippen molar-refractivity contribution in [3.05, 3.63) is 20.8 Å². The van der Waals surface area contributed by atoms with Gasteiger partial charge in [0.1, 0.15) is 0 Å². The highest BCUT2D eigenvalue weighted by atomic mass is 79.9. The van der Waals surface area contributed by atoms with E-state index in [-0.39, 0.29) is 5.54 Å². The van der Waals surface area contributed by atoms with Crippen molar-refractivity contribution in [3.8, 4) is 0 Å². The first-order valence-corrected chi connectivity index (χ1v) is 8.93. The van der Waals surface area contributed by atoms with Crippen LogP contribution in [0.25, 0.3) is 0 Å². The molecule has 0 saturated heterocycles. The van der Waals surface area contributed by atoms with Gasteiger partial charge in [-0.3, -0.25) is 0 Å². The van der Waals surface area contributed by atoms with Crippen molar-refractivity contribution < 1.29 is 0 Å². The minimum atomic E-state index is 0.0181.